The summed E-state index contributed by atoms with van der Waals surface area (Å²) in [5.41, 5.74) is 6.18. The van der Waals surface area contributed by atoms with Gasteiger partial charge in [0.15, 0.2) is 0 Å². The van der Waals surface area contributed by atoms with Crippen molar-refractivity contribution in [1.29, 1.82) is 0 Å². The normalized spacial score (nSPS) is 11.3. The third-order valence-electron chi connectivity index (χ3n) is 3.63. The predicted molar refractivity (Wildman–Crippen MR) is 86.4 cm³/mol. The molecule has 0 unspecified atom stereocenters. The van der Waals surface area contributed by atoms with Crippen LogP contribution in [0.4, 0.5) is 4.39 Å². The molecule has 0 saturated carbocycles. The minimum absolute atomic E-state index is 0.0121. The summed E-state index contributed by atoms with van der Waals surface area (Å²) in [5.74, 6) is -1.03. The highest BCUT2D eigenvalue weighted by atomic mass is 19.1. The van der Waals surface area contributed by atoms with Gasteiger partial charge in [-0.2, -0.15) is 10.2 Å². The largest absolute Gasteiger partial charge is 0.368 e. The first-order valence-electron chi connectivity index (χ1n) is 7.41. The van der Waals surface area contributed by atoms with Gasteiger partial charge in [-0.05, 0) is 30.2 Å². The SMILES string of the molecule is CC(C)c1nn(CC(N)=O)c(=O)c2c1cnn2-c1ccc(F)cc1. The molecule has 0 saturated heterocycles. The maximum absolute atomic E-state index is 13.1. The van der Waals surface area contributed by atoms with Gasteiger partial charge in [0, 0.05) is 5.39 Å². The van der Waals surface area contributed by atoms with Gasteiger partial charge in [0.05, 0.1) is 17.6 Å². The fourth-order valence-electron chi connectivity index (χ4n) is 2.55. The van der Waals surface area contributed by atoms with Gasteiger partial charge in [-0.15, -0.1) is 0 Å². The molecule has 2 aromatic heterocycles. The lowest BCUT2D eigenvalue weighted by Gasteiger charge is -2.11. The zero-order valence-corrected chi connectivity index (χ0v) is 13.2. The van der Waals surface area contributed by atoms with Gasteiger partial charge in [-0.1, -0.05) is 13.8 Å². The molecule has 0 radical (unpaired) electrons. The van der Waals surface area contributed by atoms with Crippen LogP contribution in [0.2, 0.25) is 0 Å². The second-order valence-electron chi connectivity index (χ2n) is 5.76. The van der Waals surface area contributed by atoms with Crippen LogP contribution in [-0.2, 0) is 11.3 Å². The Bertz CT molecular complexity index is 973. The Kier molecular flexibility index (Phi) is 3.88. The van der Waals surface area contributed by atoms with E-state index in [0.29, 0.717) is 16.8 Å². The van der Waals surface area contributed by atoms with Gasteiger partial charge >= 0.3 is 0 Å². The molecule has 0 spiro atoms. The minimum atomic E-state index is -0.661. The molecule has 3 aromatic rings. The molecule has 7 nitrogen and oxygen atoms in total. The topological polar surface area (TPSA) is 95.8 Å². The third kappa shape index (κ3) is 2.66. The summed E-state index contributed by atoms with van der Waals surface area (Å²) in [6.07, 6.45) is 1.55. The summed E-state index contributed by atoms with van der Waals surface area (Å²) in [5, 5.41) is 9.09. The van der Waals surface area contributed by atoms with Crippen molar-refractivity contribution in [2.24, 2.45) is 5.73 Å². The molecule has 3 rings (SSSR count). The maximum atomic E-state index is 13.1. The number of fused-ring (bicyclic) bond motifs is 1. The van der Waals surface area contributed by atoms with Crippen LogP contribution in [0.5, 0.6) is 0 Å². The van der Waals surface area contributed by atoms with E-state index in [2.05, 4.69) is 10.2 Å². The second-order valence-corrected chi connectivity index (χ2v) is 5.76. The predicted octanol–water partition coefficient (Wildman–Crippen LogP) is 1.33. The van der Waals surface area contributed by atoms with E-state index >= 15 is 0 Å². The van der Waals surface area contributed by atoms with Gasteiger partial charge in [0.1, 0.15) is 17.9 Å². The molecule has 8 heteroatoms. The fraction of sp³-hybridized carbons (Fsp3) is 0.250. The number of aromatic nitrogens is 4. The molecule has 1 amide bonds. The average Bonchev–Trinajstić information content (AvgIpc) is 2.95. The number of nitrogens with zero attached hydrogens (tertiary/aromatic N) is 4. The molecule has 0 atom stereocenters. The summed E-state index contributed by atoms with van der Waals surface area (Å²) in [7, 11) is 0. The van der Waals surface area contributed by atoms with Gasteiger partial charge < -0.3 is 5.73 Å². The van der Waals surface area contributed by atoms with Gasteiger partial charge in [0.25, 0.3) is 5.56 Å². The highest BCUT2D eigenvalue weighted by Gasteiger charge is 2.19. The zero-order chi connectivity index (χ0) is 17.4. The number of hydrogen-bond donors (Lipinski definition) is 1. The Hall–Kier alpha value is -3.03. The molecule has 2 heterocycles. The van der Waals surface area contributed by atoms with Crippen LogP contribution in [0.3, 0.4) is 0 Å². The molecule has 0 fully saturated rings. The number of amides is 1. The fourth-order valence-corrected chi connectivity index (χ4v) is 2.55. The monoisotopic (exact) mass is 329 g/mol. The van der Waals surface area contributed by atoms with Crippen LogP contribution in [0, 0.1) is 5.82 Å². The summed E-state index contributed by atoms with van der Waals surface area (Å²) >= 11 is 0. The second kappa shape index (κ2) is 5.88. The van der Waals surface area contributed by atoms with Crippen molar-refractivity contribution in [3.63, 3.8) is 0 Å². The van der Waals surface area contributed by atoms with Crippen molar-refractivity contribution in [1.82, 2.24) is 19.6 Å². The lowest BCUT2D eigenvalue weighted by atomic mass is 10.1. The first-order valence-corrected chi connectivity index (χ1v) is 7.41. The van der Waals surface area contributed by atoms with Crippen LogP contribution < -0.4 is 11.3 Å². The number of primary amides is 1. The first kappa shape index (κ1) is 15.9. The Morgan fingerprint density at radius 2 is 1.96 bits per heavy atom. The van der Waals surface area contributed by atoms with Gasteiger partial charge in [-0.25, -0.2) is 13.8 Å². The van der Waals surface area contributed by atoms with E-state index in [9.17, 15) is 14.0 Å². The highest BCUT2D eigenvalue weighted by Crippen LogP contribution is 2.22. The van der Waals surface area contributed by atoms with Crippen LogP contribution in [-0.4, -0.2) is 25.5 Å². The van der Waals surface area contributed by atoms with Crippen molar-refractivity contribution in [2.75, 3.05) is 0 Å². The number of carbonyl (C=O) groups excluding carboxylic acids is 1. The van der Waals surface area contributed by atoms with Crippen molar-refractivity contribution >= 4 is 16.8 Å². The maximum Gasteiger partial charge on any atom is 0.293 e. The number of halogens is 1. The molecule has 24 heavy (non-hydrogen) atoms. The molecule has 0 aliphatic heterocycles. The number of nitrogens with two attached hydrogens (primary N) is 1. The summed E-state index contributed by atoms with van der Waals surface area (Å²) in [6, 6.07) is 5.62. The number of hydrogen-bond acceptors (Lipinski definition) is 4. The molecule has 2 N–H and O–H groups in total. The summed E-state index contributed by atoms with van der Waals surface area (Å²) in [6.45, 7) is 3.54. The van der Waals surface area contributed by atoms with E-state index in [1.807, 2.05) is 13.8 Å². The van der Waals surface area contributed by atoms with Crippen LogP contribution in [0.1, 0.15) is 25.5 Å². The lowest BCUT2D eigenvalue weighted by Crippen LogP contribution is -2.32. The molecule has 124 valence electrons. The molecule has 0 bridgehead atoms. The number of rotatable bonds is 4. The van der Waals surface area contributed by atoms with Crippen LogP contribution in [0.25, 0.3) is 16.6 Å². The first-order chi connectivity index (χ1) is 11.4. The van der Waals surface area contributed by atoms with Crippen molar-refractivity contribution in [2.45, 2.75) is 26.3 Å². The number of benzene rings is 1. The summed E-state index contributed by atoms with van der Waals surface area (Å²) in [4.78, 5) is 23.9. The van der Waals surface area contributed by atoms with E-state index < -0.39 is 11.5 Å². The summed E-state index contributed by atoms with van der Waals surface area (Å²) < 4.78 is 15.6. The van der Waals surface area contributed by atoms with E-state index in [1.165, 1.54) is 28.9 Å². The minimum Gasteiger partial charge on any atom is -0.368 e. The third-order valence-corrected chi connectivity index (χ3v) is 3.63. The Balaban J connectivity index is 2.33. The van der Waals surface area contributed by atoms with Crippen LogP contribution >= 0.6 is 0 Å². The molecule has 0 aliphatic rings. The van der Waals surface area contributed by atoms with E-state index in [-0.39, 0.29) is 23.8 Å². The standard InChI is InChI=1S/C16H16FN5O2/c1-9(2)14-12-7-19-22(11-5-3-10(17)4-6-11)15(12)16(24)21(20-14)8-13(18)23/h3-7,9H,8H2,1-2H3,(H2,18,23). The molecular weight excluding hydrogens is 313 g/mol. The Morgan fingerprint density at radius 3 is 2.54 bits per heavy atom. The Morgan fingerprint density at radius 1 is 1.29 bits per heavy atom. The Labute approximate surface area is 136 Å². The van der Waals surface area contributed by atoms with Crippen molar-refractivity contribution in [3.05, 3.63) is 52.3 Å². The van der Waals surface area contributed by atoms with E-state index in [1.54, 1.807) is 6.20 Å². The van der Waals surface area contributed by atoms with Gasteiger partial charge in [0.2, 0.25) is 5.91 Å². The van der Waals surface area contributed by atoms with Crippen molar-refractivity contribution < 1.29 is 9.18 Å². The smallest absolute Gasteiger partial charge is 0.293 e. The quantitative estimate of drug-likeness (QED) is 0.781. The molecular formula is C16H16FN5O2. The zero-order valence-electron chi connectivity index (χ0n) is 13.2. The van der Waals surface area contributed by atoms with E-state index in [4.69, 9.17) is 5.73 Å². The number of carbonyl (C=O) groups is 1. The average molecular weight is 329 g/mol. The van der Waals surface area contributed by atoms with Crippen molar-refractivity contribution in [3.8, 4) is 5.69 Å². The van der Waals surface area contributed by atoms with Gasteiger partial charge in [-0.3, -0.25) is 9.59 Å². The van der Waals surface area contributed by atoms with E-state index in [0.717, 1.165) is 4.68 Å². The lowest BCUT2D eigenvalue weighted by molar-refractivity contribution is -0.118. The van der Waals surface area contributed by atoms with Crippen LogP contribution in [0.15, 0.2) is 35.3 Å². The highest BCUT2D eigenvalue weighted by molar-refractivity contribution is 5.82. The molecule has 1 aromatic carbocycles. The molecule has 0 aliphatic carbocycles.